The summed E-state index contributed by atoms with van der Waals surface area (Å²) in [6.45, 7) is 0.657. The summed E-state index contributed by atoms with van der Waals surface area (Å²) in [6.07, 6.45) is 4.19. The van der Waals surface area contributed by atoms with Gasteiger partial charge in [0.25, 0.3) is 20.0 Å². The van der Waals surface area contributed by atoms with Crippen LogP contribution in [0.4, 0.5) is 0 Å². The van der Waals surface area contributed by atoms with Gasteiger partial charge in [0.1, 0.15) is 12.1 Å². The van der Waals surface area contributed by atoms with E-state index >= 15 is 0 Å². The highest BCUT2D eigenvalue weighted by atomic mass is 32.2. The fraction of sp³-hybridized carbons (Fsp3) is 0.385. The Kier molecular flexibility index (Phi) is 8.09. The number of hydrogen-bond donors (Lipinski definition) is 3. The van der Waals surface area contributed by atoms with Crippen molar-refractivity contribution in [3.8, 4) is 6.07 Å². The molecule has 2 atom stereocenters. The standard InChI is InChI=1S/C13H16N4O3S.C13H14N4O2S/c14-12(18)11-7-3-4-8-17(11)21(19,20)13-15-9-5-1-2-6-10(9)16-13;14-9-10-5-3-4-8-17(10)20(18,19)13-15-11-6-1-2-7-12(11)16-13/h1-2,5-6,11H,3-4,7-8H2,(H2,14,18)(H,15,16);1-2,6-7,10H,3-5,8H2,(H,15,16). The molecule has 4 aromatic rings. The van der Waals surface area contributed by atoms with Crippen LogP contribution in [-0.2, 0) is 24.8 Å². The van der Waals surface area contributed by atoms with E-state index in [-0.39, 0.29) is 16.9 Å². The van der Waals surface area contributed by atoms with E-state index in [0.717, 1.165) is 23.6 Å². The minimum Gasteiger partial charge on any atom is -0.368 e. The van der Waals surface area contributed by atoms with Gasteiger partial charge in [-0.25, -0.2) is 26.8 Å². The number of carbonyl (C=O) groups excluding carboxylic acids is 1. The van der Waals surface area contributed by atoms with Crippen LogP contribution in [0.2, 0.25) is 0 Å². The average Bonchev–Trinajstić information content (AvgIpc) is 3.63. The summed E-state index contributed by atoms with van der Waals surface area (Å²) in [5, 5.41) is 8.90. The van der Waals surface area contributed by atoms with Crippen LogP contribution >= 0.6 is 0 Å². The first-order valence-electron chi connectivity index (χ1n) is 13.2. The molecule has 15 heteroatoms. The molecule has 0 radical (unpaired) electrons. The number of nitrogens with one attached hydrogen (secondary N) is 2. The molecule has 2 aromatic heterocycles. The second kappa shape index (κ2) is 11.6. The van der Waals surface area contributed by atoms with Crippen molar-refractivity contribution in [1.82, 2.24) is 28.5 Å². The van der Waals surface area contributed by atoms with Crippen LogP contribution in [0, 0.1) is 11.3 Å². The molecule has 2 saturated heterocycles. The predicted molar refractivity (Wildman–Crippen MR) is 150 cm³/mol. The van der Waals surface area contributed by atoms with Gasteiger partial charge in [0, 0.05) is 13.1 Å². The highest BCUT2D eigenvalue weighted by Gasteiger charge is 2.38. The van der Waals surface area contributed by atoms with Gasteiger partial charge in [0.05, 0.1) is 28.1 Å². The monoisotopic (exact) mass is 598 g/mol. The number of carbonyl (C=O) groups is 1. The van der Waals surface area contributed by atoms with Gasteiger partial charge in [-0.2, -0.15) is 13.9 Å². The molecule has 0 bridgehead atoms. The lowest BCUT2D eigenvalue weighted by Crippen LogP contribution is -2.50. The third-order valence-corrected chi connectivity index (χ3v) is 10.7. The van der Waals surface area contributed by atoms with Crippen molar-refractivity contribution < 1.29 is 21.6 Å². The van der Waals surface area contributed by atoms with Crippen LogP contribution < -0.4 is 5.73 Å². The van der Waals surface area contributed by atoms with Crippen molar-refractivity contribution in [3.63, 3.8) is 0 Å². The van der Waals surface area contributed by atoms with Gasteiger partial charge in [-0.1, -0.05) is 30.7 Å². The number of nitrogens with two attached hydrogens (primary N) is 1. The number of rotatable bonds is 5. The number of fused-ring (bicyclic) bond motifs is 2. The Labute approximate surface area is 237 Å². The van der Waals surface area contributed by atoms with E-state index in [2.05, 4.69) is 26.0 Å². The number of primary amides is 1. The van der Waals surface area contributed by atoms with Gasteiger partial charge >= 0.3 is 0 Å². The van der Waals surface area contributed by atoms with Crippen molar-refractivity contribution in [1.29, 1.82) is 5.26 Å². The van der Waals surface area contributed by atoms with E-state index in [1.807, 2.05) is 6.07 Å². The summed E-state index contributed by atoms with van der Waals surface area (Å²) < 4.78 is 53.0. The van der Waals surface area contributed by atoms with Gasteiger partial charge in [0.2, 0.25) is 16.2 Å². The zero-order chi connectivity index (χ0) is 29.2. The Morgan fingerprint density at radius 1 is 0.805 bits per heavy atom. The Hall–Kier alpha value is -3.84. The molecule has 4 N–H and O–H groups in total. The smallest absolute Gasteiger partial charge is 0.278 e. The minimum absolute atomic E-state index is 0.0825. The summed E-state index contributed by atoms with van der Waals surface area (Å²) in [6, 6.07) is 14.9. The van der Waals surface area contributed by atoms with E-state index in [1.165, 1.54) is 4.31 Å². The molecule has 4 heterocycles. The van der Waals surface area contributed by atoms with Crippen LogP contribution in [0.3, 0.4) is 0 Å². The number of amides is 1. The average molecular weight is 599 g/mol. The Bertz CT molecular complexity index is 1760. The van der Waals surface area contributed by atoms with E-state index in [1.54, 1.807) is 42.5 Å². The Morgan fingerprint density at radius 2 is 1.29 bits per heavy atom. The fourth-order valence-electron chi connectivity index (χ4n) is 5.12. The van der Waals surface area contributed by atoms with Crippen molar-refractivity contribution in [2.24, 2.45) is 5.73 Å². The quantitative estimate of drug-likeness (QED) is 0.310. The summed E-state index contributed by atoms with van der Waals surface area (Å²) in [5.74, 6) is -0.616. The molecule has 2 aliphatic heterocycles. The molecule has 0 aliphatic carbocycles. The molecule has 2 fully saturated rings. The second-order valence-corrected chi connectivity index (χ2v) is 13.5. The van der Waals surface area contributed by atoms with Gasteiger partial charge in [0.15, 0.2) is 0 Å². The lowest BCUT2D eigenvalue weighted by Gasteiger charge is -2.31. The number of imidazole rings is 2. The van der Waals surface area contributed by atoms with Gasteiger partial charge < -0.3 is 15.7 Å². The van der Waals surface area contributed by atoms with Crippen LogP contribution in [0.5, 0.6) is 0 Å². The van der Waals surface area contributed by atoms with Crippen LogP contribution in [0.25, 0.3) is 22.1 Å². The number of nitriles is 1. The molecule has 6 rings (SSSR count). The lowest BCUT2D eigenvalue weighted by molar-refractivity contribution is -0.122. The number of aromatic nitrogens is 4. The third kappa shape index (κ3) is 5.68. The van der Waals surface area contributed by atoms with E-state index in [9.17, 15) is 21.6 Å². The molecule has 1 amide bonds. The molecule has 216 valence electrons. The van der Waals surface area contributed by atoms with Crippen molar-refractivity contribution in [2.75, 3.05) is 13.1 Å². The minimum atomic E-state index is -3.85. The number of H-pyrrole nitrogens is 2. The summed E-state index contributed by atoms with van der Waals surface area (Å²) in [7, 11) is -7.59. The Morgan fingerprint density at radius 3 is 1.80 bits per heavy atom. The zero-order valence-corrected chi connectivity index (χ0v) is 23.7. The molecule has 0 saturated carbocycles. The number of sulfonamides is 2. The summed E-state index contributed by atoms with van der Waals surface area (Å²) in [5.41, 5.74) is 7.83. The molecule has 41 heavy (non-hydrogen) atoms. The lowest BCUT2D eigenvalue weighted by atomic mass is 10.0. The van der Waals surface area contributed by atoms with Crippen molar-refractivity contribution in [2.45, 2.75) is 60.9 Å². The number of hydrogen-bond acceptors (Lipinski definition) is 8. The Balaban J connectivity index is 0.000000165. The topological polar surface area (TPSA) is 199 Å². The first-order valence-corrected chi connectivity index (χ1v) is 16.1. The number of piperidine rings is 2. The normalized spacial score (nSPS) is 20.8. The third-order valence-electron chi connectivity index (χ3n) is 7.23. The van der Waals surface area contributed by atoms with Crippen molar-refractivity contribution in [3.05, 3.63) is 48.5 Å². The van der Waals surface area contributed by atoms with E-state index in [0.29, 0.717) is 47.9 Å². The summed E-state index contributed by atoms with van der Waals surface area (Å²) >= 11 is 0. The SMILES string of the molecule is N#CC1CCCCN1S(=O)(=O)c1nc2ccccc2[nH]1.NC(=O)C1CCCCN1S(=O)(=O)c1nc2ccccc2[nH]1. The molecule has 2 aromatic carbocycles. The molecule has 13 nitrogen and oxygen atoms in total. The molecule has 2 unspecified atom stereocenters. The second-order valence-electron chi connectivity index (χ2n) is 9.90. The van der Waals surface area contributed by atoms with E-state index < -0.39 is 38.0 Å². The maximum Gasteiger partial charge on any atom is 0.278 e. The van der Waals surface area contributed by atoms with E-state index in [4.69, 9.17) is 11.0 Å². The first kappa shape index (κ1) is 28.7. The molecule has 0 spiro atoms. The maximum atomic E-state index is 12.7. The zero-order valence-electron chi connectivity index (χ0n) is 22.1. The fourth-order valence-corrected chi connectivity index (χ4v) is 8.24. The van der Waals surface area contributed by atoms with Crippen LogP contribution in [-0.4, -0.2) is 76.5 Å². The highest BCUT2D eigenvalue weighted by Crippen LogP contribution is 2.26. The van der Waals surface area contributed by atoms with Gasteiger partial charge in [-0.15, -0.1) is 0 Å². The van der Waals surface area contributed by atoms with Gasteiger partial charge in [-0.3, -0.25) is 4.79 Å². The molecular weight excluding hydrogens is 568 g/mol. The highest BCUT2D eigenvalue weighted by molar-refractivity contribution is 7.89. The van der Waals surface area contributed by atoms with Crippen LogP contribution in [0.15, 0.2) is 58.8 Å². The largest absolute Gasteiger partial charge is 0.368 e. The number of benzene rings is 2. The molecular formula is C26H30N8O5S2. The number of nitrogens with zero attached hydrogens (tertiary/aromatic N) is 5. The molecule has 2 aliphatic rings. The predicted octanol–water partition coefficient (Wildman–Crippen LogP) is 2.22. The van der Waals surface area contributed by atoms with Gasteiger partial charge in [-0.05, 0) is 56.4 Å². The van der Waals surface area contributed by atoms with Crippen molar-refractivity contribution >= 4 is 48.0 Å². The van der Waals surface area contributed by atoms with Crippen LogP contribution in [0.1, 0.15) is 38.5 Å². The first-order chi connectivity index (χ1) is 19.6. The number of para-hydroxylation sites is 4. The number of aromatic amines is 2. The maximum absolute atomic E-state index is 12.7. The summed E-state index contributed by atoms with van der Waals surface area (Å²) in [4.78, 5) is 25.4.